The normalized spacial score (nSPS) is 17.2. The second-order valence-corrected chi connectivity index (χ2v) is 5.75. The largest absolute Gasteiger partial charge is 0.469 e. The zero-order valence-corrected chi connectivity index (χ0v) is 13.3. The Balaban J connectivity index is 1.87. The van der Waals surface area contributed by atoms with Gasteiger partial charge in [0.2, 0.25) is 0 Å². The Morgan fingerprint density at radius 3 is 2.88 bits per heavy atom. The molecule has 7 nitrogen and oxygen atoms in total. The molecule has 1 saturated heterocycles. The third-order valence-electron chi connectivity index (χ3n) is 4.24. The number of ether oxygens (including phenoxy) is 1. The molecule has 0 unspecified atom stereocenters. The molecule has 0 bridgehead atoms. The number of rotatable bonds is 3. The molecular formula is C17H18N2O5. The Kier molecular flexibility index (Phi) is 4.35. The molecule has 0 aliphatic carbocycles. The highest BCUT2D eigenvalue weighted by Crippen LogP contribution is 2.21. The van der Waals surface area contributed by atoms with Crippen molar-refractivity contribution in [2.75, 3.05) is 20.2 Å². The summed E-state index contributed by atoms with van der Waals surface area (Å²) in [5.41, 5.74) is 6.04. The molecule has 1 aromatic heterocycles. The Labute approximate surface area is 138 Å². The molecule has 2 aromatic rings. The minimum Gasteiger partial charge on any atom is -0.469 e. The van der Waals surface area contributed by atoms with Crippen LogP contribution < -0.4 is 11.2 Å². The maximum atomic E-state index is 12.6. The summed E-state index contributed by atoms with van der Waals surface area (Å²) in [6.45, 7) is 0.941. The molecule has 7 heteroatoms. The molecule has 1 aliphatic heterocycles. The first-order valence-corrected chi connectivity index (χ1v) is 7.67. The van der Waals surface area contributed by atoms with Crippen molar-refractivity contribution in [1.29, 1.82) is 0 Å². The molecule has 0 saturated carbocycles. The first kappa shape index (κ1) is 16.2. The van der Waals surface area contributed by atoms with E-state index in [2.05, 4.69) is 0 Å². The van der Waals surface area contributed by atoms with Crippen LogP contribution in [0.25, 0.3) is 11.0 Å². The number of methoxy groups -OCH3 is 1. The van der Waals surface area contributed by atoms with Crippen LogP contribution >= 0.6 is 0 Å². The first-order chi connectivity index (χ1) is 11.5. The van der Waals surface area contributed by atoms with Gasteiger partial charge in [-0.25, -0.2) is 0 Å². The number of amides is 1. The molecule has 2 heterocycles. The molecule has 1 fully saturated rings. The van der Waals surface area contributed by atoms with E-state index in [0.717, 1.165) is 0 Å². The van der Waals surface area contributed by atoms with Crippen LogP contribution in [-0.4, -0.2) is 37.0 Å². The van der Waals surface area contributed by atoms with Gasteiger partial charge in [-0.15, -0.1) is 0 Å². The number of hydrogen-bond acceptors (Lipinski definition) is 6. The molecule has 1 amide bonds. The van der Waals surface area contributed by atoms with Gasteiger partial charge in [-0.2, -0.15) is 0 Å². The van der Waals surface area contributed by atoms with Gasteiger partial charge in [0.15, 0.2) is 5.43 Å². The number of benzene rings is 1. The van der Waals surface area contributed by atoms with Crippen molar-refractivity contribution in [3.05, 3.63) is 45.8 Å². The zero-order valence-electron chi connectivity index (χ0n) is 13.3. The van der Waals surface area contributed by atoms with E-state index in [1.807, 2.05) is 0 Å². The van der Waals surface area contributed by atoms with Crippen molar-refractivity contribution in [3.63, 3.8) is 0 Å². The van der Waals surface area contributed by atoms with Crippen molar-refractivity contribution < 1.29 is 18.7 Å². The van der Waals surface area contributed by atoms with Crippen molar-refractivity contribution in [3.8, 4) is 0 Å². The predicted octanol–water partition coefficient (Wildman–Crippen LogP) is 0.887. The van der Waals surface area contributed by atoms with Crippen molar-refractivity contribution >= 4 is 22.8 Å². The van der Waals surface area contributed by atoms with Gasteiger partial charge in [-0.3, -0.25) is 14.4 Å². The van der Waals surface area contributed by atoms with Gasteiger partial charge in [0.05, 0.1) is 25.0 Å². The SMILES string of the molecule is COC(=O)[C@@H]1CCN(C(=O)c2ccc3oc(CN)cc(=O)c3c2)C1. The molecule has 3 rings (SSSR count). The fourth-order valence-corrected chi connectivity index (χ4v) is 2.93. The number of carbonyl (C=O) groups excluding carboxylic acids is 2. The van der Waals surface area contributed by atoms with E-state index in [0.29, 0.717) is 41.8 Å². The van der Waals surface area contributed by atoms with E-state index >= 15 is 0 Å². The van der Waals surface area contributed by atoms with Gasteiger partial charge >= 0.3 is 5.97 Å². The average Bonchev–Trinajstić information content (AvgIpc) is 3.10. The van der Waals surface area contributed by atoms with Gasteiger partial charge in [0.25, 0.3) is 5.91 Å². The monoisotopic (exact) mass is 330 g/mol. The predicted molar refractivity (Wildman–Crippen MR) is 86.4 cm³/mol. The van der Waals surface area contributed by atoms with E-state index < -0.39 is 0 Å². The third kappa shape index (κ3) is 2.90. The molecule has 126 valence electrons. The molecule has 24 heavy (non-hydrogen) atoms. The number of carbonyl (C=O) groups is 2. The lowest BCUT2D eigenvalue weighted by Gasteiger charge is -2.16. The van der Waals surface area contributed by atoms with E-state index in [1.54, 1.807) is 17.0 Å². The summed E-state index contributed by atoms with van der Waals surface area (Å²) in [5, 5.41) is 0.335. The van der Waals surface area contributed by atoms with Crippen molar-refractivity contribution in [2.24, 2.45) is 11.7 Å². The summed E-state index contributed by atoms with van der Waals surface area (Å²) >= 11 is 0. The maximum absolute atomic E-state index is 12.6. The molecular weight excluding hydrogens is 312 g/mol. The molecule has 1 atom stereocenters. The van der Waals surface area contributed by atoms with E-state index in [9.17, 15) is 14.4 Å². The Hall–Kier alpha value is -2.67. The number of likely N-dealkylation sites (tertiary alicyclic amines) is 1. The van der Waals surface area contributed by atoms with Crippen LogP contribution in [0.1, 0.15) is 22.5 Å². The van der Waals surface area contributed by atoms with Crippen molar-refractivity contribution in [1.82, 2.24) is 4.90 Å². The van der Waals surface area contributed by atoms with Crippen molar-refractivity contribution in [2.45, 2.75) is 13.0 Å². The summed E-state index contributed by atoms with van der Waals surface area (Å²) in [6, 6.07) is 6.06. The minimum atomic E-state index is -0.307. The Bertz CT molecular complexity index is 858. The third-order valence-corrected chi connectivity index (χ3v) is 4.24. The van der Waals surface area contributed by atoms with E-state index in [-0.39, 0.29) is 29.8 Å². The van der Waals surface area contributed by atoms with Gasteiger partial charge in [-0.1, -0.05) is 0 Å². The lowest BCUT2D eigenvalue weighted by atomic mass is 10.1. The Morgan fingerprint density at radius 1 is 1.38 bits per heavy atom. The quantitative estimate of drug-likeness (QED) is 0.838. The lowest BCUT2D eigenvalue weighted by Crippen LogP contribution is -2.30. The van der Waals surface area contributed by atoms with E-state index in [4.69, 9.17) is 14.9 Å². The second kappa shape index (κ2) is 6.45. The summed E-state index contributed by atoms with van der Waals surface area (Å²) < 4.78 is 10.2. The number of hydrogen-bond donors (Lipinski definition) is 1. The number of esters is 1. The van der Waals surface area contributed by atoms with Gasteiger partial charge < -0.3 is 19.8 Å². The summed E-state index contributed by atoms with van der Waals surface area (Å²) in [5.74, 6) is -0.423. The van der Waals surface area contributed by atoms with Crippen LogP contribution in [0.4, 0.5) is 0 Å². The van der Waals surface area contributed by atoms with Gasteiger partial charge in [0.1, 0.15) is 11.3 Å². The summed E-state index contributed by atoms with van der Waals surface area (Å²) in [7, 11) is 1.34. The standard InChI is InChI=1S/C17H18N2O5/c1-23-17(22)11-4-5-19(9-11)16(21)10-2-3-15-13(6-10)14(20)7-12(8-18)24-15/h2-3,6-7,11H,4-5,8-9,18H2,1H3/t11-/m1/s1. The highest BCUT2D eigenvalue weighted by atomic mass is 16.5. The molecule has 0 spiro atoms. The summed E-state index contributed by atoms with van der Waals surface area (Å²) in [6.07, 6.45) is 0.577. The molecule has 1 aromatic carbocycles. The van der Waals surface area contributed by atoms with Gasteiger partial charge in [-0.05, 0) is 24.6 Å². The number of nitrogens with zero attached hydrogens (tertiary/aromatic N) is 1. The van der Waals surface area contributed by atoms with Crippen LogP contribution in [0.5, 0.6) is 0 Å². The molecule has 2 N–H and O–H groups in total. The topological polar surface area (TPSA) is 103 Å². The number of nitrogens with two attached hydrogens (primary N) is 1. The van der Waals surface area contributed by atoms with Crippen LogP contribution in [0, 0.1) is 5.92 Å². The second-order valence-electron chi connectivity index (χ2n) is 5.75. The number of fused-ring (bicyclic) bond motifs is 1. The highest BCUT2D eigenvalue weighted by molar-refractivity contribution is 5.98. The maximum Gasteiger partial charge on any atom is 0.310 e. The van der Waals surface area contributed by atoms with E-state index in [1.165, 1.54) is 19.2 Å². The first-order valence-electron chi connectivity index (χ1n) is 7.67. The molecule has 1 aliphatic rings. The molecule has 0 radical (unpaired) electrons. The zero-order chi connectivity index (χ0) is 17.3. The lowest BCUT2D eigenvalue weighted by molar-refractivity contribution is -0.144. The van der Waals surface area contributed by atoms with Gasteiger partial charge in [0, 0.05) is 24.7 Å². The van der Waals surface area contributed by atoms with Crippen LogP contribution in [0.15, 0.2) is 33.5 Å². The minimum absolute atomic E-state index is 0.133. The fourth-order valence-electron chi connectivity index (χ4n) is 2.93. The van der Waals surface area contributed by atoms with Crippen LogP contribution in [-0.2, 0) is 16.1 Å². The fraction of sp³-hybridized carbons (Fsp3) is 0.353. The summed E-state index contributed by atoms with van der Waals surface area (Å²) in [4.78, 5) is 37.9. The Morgan fingerprint density at radius 2 is 2.17 bits per heavy atom. The van der Waals surface area contributed by atoms with Crippen LogP contribution in [0.3, 0.4) is 0 Å². The van der Waals surface area contributed by atoms with Crippen LogP contribution in [0.2, 0.25) is 0 Å². The highest BCUT2D eigenvalue weighted by Gasteiger charge is 2.32. The smallest absolute Gasteiger partial charge is 0.310 e. The average molecular weight is 330 g/mol.